The summed E-state index contributed by atoms with van der Waals surface area (Å²) in [6, 6.07) is 13.2. The van der Waals surface area contributed by atoms with Crippen molar-refractivity contribution in [3.63, 3.8) is 0 Å². The lowest BCUT2D eigenvalue weighted by Crippen LogP contribution is -2.23. The quantitative estimate of drug-likeness (QED) is 0.439. The van der Waals surface area contributed by atoms with Gasteiger partial charge in [-0.25, -0.2) is 4.39 Å². The van der Waals surface area contributed by atoms with Gasteiger partial charge in [-0.05, 0) is 43.3 Å². The van der Waals surface area contributed by atoms with Crippen molar-refractivity contribution >= 4 is 23.4 Å². The van der Waals surface area contributed by atoms with Crippen LogP contribution in [0.4, 0.5) is 10.1 Å². The molecule has 29 heavy (non-hydrogen) atoms. The van der Waals surface area contributed by atoms with Crippen LogP contribution in [0.5, 0.6) is 5.75 Å². The molecule has 1 heterocycles. The van der Waals surface area contributed by atoms with E-state index in [2.05, 4.69) is 22.1 Å². The second-order valence-electron chi connectivity index (χ2n) is 6.19. The second-order valence-corrected chi connectivity index (χ2v) is 7.50. The SMILES string of the molecule is C=CCn1c(S[C@@H](C)C(=O)Nc2cccc(OC)c2)nnc1-c1ccc(F)cc1. The fourth-order valence-electron chi connectivity index (χ4n) is 2.64. The number of ether oxygens (including phenoxy) is 1. The molecule has 1 N–H and O–H groups in total. The molecule has 0 spiro atoms. The van der Waals surface area contributed by atoms with Crippen molar-refractivity contribution in [2.75, 3.05) is 12.4 Å². The first kappa shape index (κ1) is 20.6. The zero-order chi connectivity index (χ0) is 20.8. The fraction of sp³-hybridized carbons (Fsp3) is 0.190. The Hall–Kier alpha value is -3.13. The van der Waals surface area contributed by atoms with Crippen molar-refractivity contribution in [1.29, 1.82) is 0 Å². The van der Waals surface area contributed by atoms with Gasteiger partial charge in [-0.3, -0.25) is 9.36 Å². The molecule has 0 fully saturated rings. The molecule has 0 unspecified atom stereocenters. The Morgan fingerprint density at radius 2 is 2.07 bits per heavy atom. The number of rotatable bonds is 8. The van der Waals surface area contributed by atoms with Crippen LogP contribution in [-0.2, 0) is 11.3 Å². The number of carbonyl (C=O) groups is 1. The molecular weight excluding hydrogens is 391 g/mol. The van der Waals surface area contributed by atoms with E-state index < -0.39 is 5.25 Å². The molecule has 8 heteroatoms. The van der Waals surface area contributed by atoms with Crippen molar-refractivity contribution in [1.82, 2.24) is 14.8 Å². The summed E-state index contributed by atoms with van der Waals surface area (Å²) in [5, 5.41) is 11.5. The van der Waals surface area contributed by atoms with Crippen LogP contribution in [0.3, 0.4) is 0 Å². The van der Waals surface area contributed by atoms with E-state index in [1.165, 1.54) is 23.9 Å². The maximum absolute atomic E-state index is 13.2. The summed E-state index contributed by atoms with van der Waals surface area (Å²) in [5.74, 6) is 0.770. The van der Waals surface area contributed by atoms with Crippen molar-refractivity contribution in [3.8, 4) is 17.1 Å². The van der Waals surface area contributed by atoms with Gasteiger partial charge in [0.15, 0.2) is 11.0 Å². The number of thioether (sulfide) groups is 1. The summed E-state index contributed by atoms with van der Waals surface area (Å²) < 4.78 is 20.3. The highest BCUT2D eigenvalue weighted by atomic mass is 32.2. The monoisotopic (exact) mass is 412 g/mol. The zero-order valence-corrected chi connectivity index (χ0v) is 16.9. The number of nitrogens with zero attached hydrogens (tertiary/aromatic N) is 3. The zero-order valence-electron chi connectivity index (χ0n) is 16.1. The predicted octanol–water partition coefficient (Wildman–Crippen LogP) is 4.40. The first-order chi connectivity index (χ1) is 14.0. The number of carbonyl (C=O) groups excluding carboxylic acids is 1. The third kappa shape index (κ3) is 5.03. The van der Waals surface area contributed by atoms with E-state index in [-0.39, 0.29) is 11.7 Å². The number of benzene rings is 2. The highest BCUT2D eigenvalue weighted by Gasteiger charge is 2.20. The topological polar surface area (TPSA) is 69.0 Å². The van der Waals surface area contributed by atoms with Gasteiger partial charge in [0.2, 0.25) is 5.91 Å². The molecule has 0 bridgehead atoms. The second kappa shape index (κ2) is 9.38. The third-order valence-corrected chi connectivity index (χ3v) is 5.20. The summed E-state index contributed by atoms with van der Waals surface area (Å²) in [5.41, 5.74) is 1.39. The van der Waals surface area contributed by atoms with E-state index in [0.29, 0.717) is 29.0 Å². The van der Waals surface area contributed by atoms with Gasteiger partial charge >= 0.3 is 0 Å². The lowest BCUT2D eigenvalue weighted by atomic mass is 10.2. The van der Waals surface area contributed by atoms with Crippen molar-refractivity contribution in [2.24, 2.45) is 0 Å². The van der Waals surface area contributed by atoms with Gasteiger partial charge < -0.3 is 10.1 Å². The van der Waals surface area contributed by atoms with E-state index in [1.807, 2.05) is 16.7 Å². The van der Waals surface area contributed by atoms with Gasteiger partial charge in [0.25, 0.3) is 0 Å². The van der Waals surface area contributed by atoms with Gasteiger partial charge in [-0.2, -0.15) is 0 Å². The summed E-state index contributed by atoms with van der Waals surface area (Å²) in [7, 11) is 1.57. The fourth-order valence-corrected chi connectivity index (χ4v) is 3.50. The van der Waals surface area contributed by atoms with Gasteiger partial charge in [-0.1, -0.05) is 23.9 Å². The Bertz CT molecular complexity index is 1000. The predicted molar refractivity (Wildman–Crippen MR) is 113 cm³/mol. The molecule has 0 aliphatic heterocycles. The minimum Gasteiger partial charge on any atom is -0.497 e. The first-order valence-electron chi connectivity index (χ1n) is 8.93. The number of methoxy groups -OCH3 is 1. The Balaban J connectivity index is 1.77. The lowest BCUT2D eigenvalue weighted by Gasteiger charge is -2.13. The Morgan fingerprint density at radius 3 is 2.76 bits per heavy atom. The highest BCUT2D eigenvalue weighted by Crippen LogP contribution is 2.28. The van der Waals surface area contributed by atoms with E-state index in [1.54, 1.807) is 44.4 Å². The minimum absolute atomic E-state index is 0.167. The Kier molecular flexibility index (Phi) is 6.66. The van der Waals surface area contributed by atoms with Gasteiger partial charge in [0, 0.05) is 23.9 Å². The van der Waals surface area contributed by atoms with Crippen LogP contribution in [0.2, 0.25) is 0 Å². The summed E-state index contributed by atoms with van der Waals surface area (Å²) in [6.07, 6.45) is 1.72. The van der Waals surface area contributed by atoms with Crippen LogP contribution in [0, 0.1) is 5.82 Å². The van der Waals surface area contributed by atoms with E-state index in [4.69, 9.17) is 4.74 Å². The van der Waals surface area contributed by atoms with E-state index in [9.17, 15) is 9.18 Å². The summed E-state index contributed by atoms with van der Waals surface area (Å²) >= 11 is 1.29. The van der Waals surface area contributed by atoms with Gasteiger partial charge in [0.05, 0.1) is 12.4 Å². The van der Waals surface area contributed by atoms with Crippen molar-refractivity contribution < 1.29 is 13.9 Å². The largest absolute Gasteiger partial charge is 0.497 e. The highest BCUT2D eigenvalue weighted by molar-refractivity contribution is 8.00. The Morgan fingerprint density at radius 1 is 1.31 bits per heavy atom. The summed E-state index contributed by atoms with van der Waals surface area (Å²) in [4.78, 5) is 12.6. The summed E-state index contributed by atoms with van der Waals surface area (Å²) in [6.45, 7) is 6.04. The number of amides is 1. The lowest BCUT2D eigenvalue weighted by molar-refractivity contribution is -0.115. The number of anilines is 1. The normalized spacial score (nSPS) is 11.7. The van der Waals surface area contributed by atoms with Crippen LogP contribution in [0.25, 0.3) is 11.4 Å². The molecule has 0 radical (unpaired) electrons. The van der Waals surface area contributed by atoms with Crippen molar-refractivity contribution in [2.45, 2.75) is 23.9 Å². The molecular formula is C21H21FN4O2S. The molecule has 0 saturated carbocycles. The number of aromatic nitrogens is 3. The van der Waals surface area contributed by atoms with E-state index in [0.717, 1.165) is 5.56 Å². The molecule has 0 aliphatic carbocycles. The van der Waals surface area contributed by atoms with Crippen molar-refractivity contribution in [3.05, 3.63) is 67.0 Å². The number of allylic oxidation sites excluding steroid dienone is 1. The third-order valence-electron chi connectivity index (χ3n) is 4.12. The number of halogens is 1. The van der Waals surface area contributed by atoms with Crippen LogP contribution in [-0.4, -0.2) is 33.0 Å². The van der Waals surface area contributed by atoms with Crippen LogP contribution < -0.4 is 10.1 Å². The molecule has 3 aromatic rings. The van der Waals surface area contributed by atoms with Gasteiger partial charge in [-0.15, -0.1) is 16.8 Å². The molecule has 0 saturated heterocycles. The standard InChI is InChI=1S/C21H21FN4O2S/c1-4-12-26-19(15-8-10-16(22)11-9-15)24-25-21(26)29-14(2)20(27)23-17-6-5-7-18(13-17)28-3/h4-11,13-14H,1,12H2,2-3H3,(H,23,27)/t14-/m0/s1. The van der Waals surface area contributed by atoms with Crippen LogP contribution in [0.1, 0.15) is 6.92 Å². The average molecular weight is 412 g/mol. The molecule has 3 rings (SSSR count). The average Bonchev–Trinajstić information content (AvgIpc) is 3.11. The molecule has 6 nitrogen and oxygen atoms in total. The molecule has 1 aromatic heterocycles. The number of hydrogen-bond donors (Lipinski definition) is 1. The smallest absolute Gasteiger partial charge is 0.237 e. The molecule has 150 valence electrons. The van der Waals surface area contributed by atoms with E-state index >= 15 is 0 Å². The Labute approximate surface area is 172 Å². The maximum atomic E-state index is 13.2. The molecule has 0 aliphatic rings. The molecule has 1 atom stereocenters. The number of hydrogen-bond acceptors (Lipinski definition) is 5. The maximum Gasteiger partial charge on any atom is 0.237 e. The van der Waals surface area contributed by atoms with Crippen LogP contribution >= 0.6 is 11.8 Å². The first-order valence-corrected chi connectivity index (χ1v) is 9.81. The molecule has 2 aromatic carbocycles. The number of nitrogens with one attached hydrogen (secondary N) is 1. The van der Waals surface area contributed by atoms with Crippen LogP contribution in [0.15, 0.2) is 66.3 Å². The van der Waals surface area contributed by atoms with Gasteiger partial charge in [0.1, 0.15) is 11.6 Å². The molecule has 1 amide bonds. The minimum atomic E-state index is -0.421.